The number of nitrogens with one attached hydrogen (secondary N) is 1. The van der Waals surface area contributed by atoms with Crippen LogP contribution in [0.5, 0.6) is 11.5 Å². The molecule has 4 aromatic rings. The second kappa shape index (κ2) is 13.7. The van der Waals surface area contributed by atoms with Crippen LogP contribution in [0.25, 0.3) is 17.1 Å². The van der Waals surface area contributed by atoms with Gasteiger partial charge in [0.25, 0.3) is 0 Å². The minimum absolute atomic E-state index is 0.0490. The van der Waals surface area contributed by atoms with Crippen molar-refractivity contribution in [1.29, 1.82) is 0 Å². The van der Waals surface area contributed by atoms with Crippen molar-refractivity contribution in [1.82, 2.24) is 14.9 Å². The molecule has 0 aliphatic rings. The average molecular weight is 532 g/mol. The summed E-state index contributed by atoms with van der Waals surface area (Å²) >= 11 is 6.19. The Labute approximate surface area is 229 Å². The number of rotatable bonds is 13. The van der Waals surface area contributed by atoms with Crippen LogP contribution in [0.3, 0.4) is 0 Å². The van der Waals surface area contributed by atoms with Crippen LogP contribution in [-0.4, -0.2) is 35.7 Å². The third-order valence-electron chi connectivity index (χ3n) is 6.29. The van der Waals surface area contributed by atoms with Gasteiger partial charge in [-0.3, -0.25) is 4.79 Å². The lowest BCUT2D eigenvalue weighted by Crippen LogP contribution is -2.28. The second-order valence-corrected chi connectivity index (χ2v) is 9.41. The molecule has 0 aliphatic carbocycles. The smallest absolute Gasteiger partial charge is 0.224 e. The minimum Gasteiger partial charge on any atom is -0.493 e. The molecule has 0 fully saturated rings. The zero-order valence-electron chi connectivity index (χ0n) is 22.0. The van der Waals surface area contributed by atoms with E-state index in [1.54, 1.807) is 13.2 Å². The fourth-order valence-corrected chi connectivity index (χ4v) is 4.61. The standard InChI is InChI=1S/C31H34ClN3O3/c1-3-10-23-15-16-28(29(21-23)37-2)38-20-9-8-19-35-27-14-7-6-13-26(27)34-30(35)17-18-33-31(36)22-24-11-4-5-12-25(24)32/h3-7,10-16,21H,8-9,17-20,22H2,1-2H3,(H,33,36)/b10-3+. The lowest BCUT2D eigenvalue weighted by Gasteiger charge is -2.13. The van der Waals surface area contributed by atoms with E-state index in [2.05, 4.69) is 16.0 Å². The first-order valence-electron chi connectivity index (χ1n) is 13.0. The number of imidazole rings is 1. The Bertz CT molecular complexity index is 1400. The molecular weight excluding hydrogens is 498 g/mol. The molecule has 1 aromatic heterocycles. The average Bonchev–Trinajstić information content (AvgIpc) is 3.27. The highest BCUT2D eigenvalue weighted by atomic mass is 35.5. The van der Waals surface area contributed by atoms with E-state index in [1.165, 1.54) is 0 Å². The number of ether oxygens (including phenoxy) is 2. The summed E-state index contributed by atoms with van der Waals surface area (Å²) in [6.07, 6.45) is 6.77. The Balaban J connectivity index is 1.31. The molecule has 0 spiro atoms. The number of amides is 1. The normalized spacial score (nSPS) is 11.2. The van der Waals surface area contributed by atoms with Gasteiger partial charge in [-0.05, 0) is 61.2 Å². The highest BCUT2D eigenvalue weighted by Crippen LogP contribution is 2.29. The molecule has 0 saturated carbocycles. The molecule has 38 heavy (non-hydrogen) atoms. The highest BCUT2D eigenvalue weighted by Gasteiger charge is 2.12. The Morgan fingerprint density at radius 2 is 1.87 bits per heavy atom. The first-order chi connectivity index (χ1) is 18.6. The number of fused-ring (bicyclic) bond motifs is 1. The van der Waals surface area contributed by atoms with E-state index >= 15 is 0 Å². The van der Waals surface area contributed by atoms with E-state index in [9.17, 15) is 4.79 Å². The van der Waals surface area contributed by atoms with Crippen molar-refractivity contribution in [3.8, 4) is 11.5 Å². The number of carbonyl (C=O) groups excluding carboxylic acids is 1. The lowest BCUT2D eigenvalue weighted by molar-refractivity contribution is -0.120. The molecule has 0 bridgehead atoms. The van der Waals surface area contributed by atoms with E-state index in [4.69, 9.17) is 26.1 Å². The van der Waals surface area contributed by atoms with Crippen LogP contribution in [0.2, 0.25) is 5.02 Å². The maximum absolute atomic E-state index is 12.4. The molecule has 1 heterocycles. The zero-order valence-corrected chi connectivity index (χ0v) is 22.7. The number of aromatic nitrogens is 2. The fourth-order valence-electron chi connectivity index (χ4n) is 4.41. The quantitative estimate of drug-likeness (QED) is 0.200. The molecule has 4 rings (SSSR count). The number of para-hydroxylation sites is 2. The topological polar surface area (TPSA) is 65.4 Å². The molecule has 0 saturated heterocycles. The molecule has 0 aliphatic heterocycles. The number of benzene rings is 3. The summed E-state index contributed by atoms with van der Waals surface area (Å²) in [5.74, 6) is 2.40. The summed E-state index contributed by atoms with van der Waals surface area (Å²) in [5, 5.41) is 3.62. The van der Waals surface area contributed by atoms with E-state index in [-0.39, 0.29) is 12.3 Å². The predicted molar refractivity (Wildman–Crippen MR) is 154 cm³/mol. The Morgan fingerprint density at radius 1 is 1.05 bits per heavy atom. The zero-order chi connectivity index (χ0) is 26.7. The largest absolute Gasteiger partial charge is 0.493 e. The van der Waals surface area contributed by atoms with Crippen LogP contribution in [-0.2, 0) is 24.2 Å². The van der Waals surface area contributed by atoms with Crippen LogP contribution < -0.4 is 14.8 Å². The molecule has 7 heteroatoms. The van der Waals surface area contributed by atoms with Gasteiger partial charge in [0, 0.05) is 24.5 Å². The number of aryl methyl sites for hydroxylation is 1. The Kier molecular flexibility index (Phi) is 9.82. The number of halogens is 1. The maximum atomic E-state index is 12.4. The number of hydrogen-bond donors (Lipinski definition) is 1. The second-order valence-electron chi connectivity index (χ2n) is 9.00. The van der Waals surface area contributed by atoms with E-state index in [0.717, 1.165) is 58.9 Å². The van der Waals surface area contributed by atoms with Crippen molar-refractivity contribution in [2.45, 2.75) is 39.2 Å². The molecule has 1 N–H and O–H groups in total. The molecule has 3 aromatic carbocycles. The monoisotopic (exact) mass is 531 g/mol. The summed E-state index contributed by atoms with van der Waals surface area (Å²) in [7, 11) is 1.66. The molecule has 0 unspecified atom stereocenters. The van der Waals surface area contributed by atoms with Gasteiger partial charge in [0.1, 0.15) is 5.82 Å². The van der Waals surface area contributed by atoms with Crippen molar-refractivity contribution in [3.05, 3.63) is 94.8 Å². The van der Waals surface area contributed by atoms with Crippen LogP contribution in [0.1, 0.15) is 36.7 Å². The molecule has 0 radical (unpaired) electrons. The van der Waals surface area contributed by atoms with Gasteiger partial charge in [-0.15, -0.1) is 0 Å². The molecule has 198 valence electrons. The van der Waals surface area contributed by atoms with Crippen molar-refractivity contribution in [2.24, 2.45) is 0 Å². The number of methoxy groups -OCH3 is 1. The minimum atomic E-state index is -0.0490. The van der Waals surface area contributed by atoms with Crippen molar-refractivity contribution >= 4 is 34.6 Å². The fraction of sp³-hybridized carbons (Fsp3) is 0.290. The number of allylic oxidation sites excluding steroid dienone is 1. The third kappa shape index (κ3) is 7.17. The number of hydrogen-bond acceptors (Lipinski definition) is 4. The summed E-state index contributed by atoms with van der Waals surface area (Å²) in [6, 6.07) is 21.5. The van der Waals surface area contributed by atoms with Gasteiger partial charge in [0.2, 0.25) is 5.91 Å². The van der Waals surface area contributed by atoms with Crippen LogP contribution in [0.4, 0.5) is 0 Å². The van der Waals surface area contributed by atoms with Crippen LogP contribution >= 0.6 is 11.6 Å². The van der Waals surface area contributed by atoms with E-state index < -0.39 is 0 Å². The maximum Gasteiger partial charge on any atom is 0.224 e. The van der Waals surface area contributed by atoms with Gasteiger partial charge < -0.3 is 19.4 Å². The summed E-state index contributed by atoms with van der Waals surface area (Å²) in [4.78, 5) is 17.3. The first kappa shape index (κ1) is 27.3. The number of nitrogens with zero attached hydrogens (tertiary/aromatic N) is 2. The van der Waals surface area contributed by atoms with Gasteiger partial charge in [-0.25, -0.2) is 4.98 Å². The predicted octanol–water partition coefficient (Wildman–Crippen LogP) is 6.49. The van der Waals surface area contributed by atoms with Crippen molar-refractivity contribution in [2.75, 3.05) is 20.3 Å². The third-order valence-corrected chi connectivity index (χ3v) is 6.66. The summed E-state index contributed by atoms with van der Waals surface area (Å²) in [5.41, 5.74) is 3.97. The van der Waals surface area contributed by atoms with Gasteiger partial charge in [0.15, 0.2) is 11.5 Å². The van der Waals surface area contributed by atoms with Gasteiger partial charge in [0.05, 0.1) is 31.2 Å². The molecule has 1 amide bonds. The molecule has 0 atom stereocenters. The van der Waals surface area contributed by atoms with Crippen molar-refractivity contribution < 1.29 is 14.3 Å². The van der Waals surface area contributed by atoms with Gasteiger partial charge >= 0.3 is 0 Å². The first-order valence-corrected chi connectivity index (χ1v) is 13.3. The SMILES string of the molecule is C/C=C/c1ccc(OCCCCn2c(CCNC(=O)Cc3ccccc3Cl)nc3ccccc32)c(OC)c1. The number of unbranched alkanes of at least 4 members (excludes halogenated alkanes) is 1. The lowest BCUT2D eigenvalue weighted by atomic mass is 10.1. The van der Waals surface area contributed by atoms with E-state index in [1.807, 2.05) is 73.7 Å². The van der Waals surface area contributed by atoms with Crippen LogP contribution in [0.15, 0.2) is 72.8 Å². The van der Waals surface area contributed by atoms with Gasteiger partial charge in [-0.2, -0.15) is 0 Å². The molecule has 6 nitrogen and oxygen atoms in total. The highest BCUT2D eigenvalue weighted by molar-refractivity contribution is 6.31. The number of carbonyl (C=O) groups is 1. The summed E-state index contributed by atoms with van der Waals surface area (Å²) < 4.78 is 13.8. The van der Waals surface area contributed by atoms with Crippen molar-refractivity contribution in [3.63, 3.8) is 0 Å². The van der Waals surface area contributed by atoms with Crippen LogP contribution in [0, 0.1) is 0 Å². The van der Waals surface area contributed by atoms with E-state index in [0.29, 0.717) is 24.6 Å². The molecular formula is C31H34ClN3O3. The Morgan fingerprint density at radius 3 is 2.68 bits per heavy atom. The summed E-state index contributed by atoms with van der Waals surface area (Å²) in [6.45, 7) is 3.92. The Hall–Kier alpha value is -3.77. The van der Waals surface area contributed by atoms with Gasteiger partial charge in [-0.1, -0.05) is 60.2 Å².